The van der Waals surface area contributed by atoms with Crippen LogP contribution in [0.4, 0.5) is 0 Å². The van der Waals surface area contributed by atoms with Crippen molar-refractivity contribution in [2.24, 2.45) is 23.2 Å². The van der Waals surface area contributed by atoms with Crippen LogP contribution in [0.3, 0.4) is 0 Å². The third-order valence-corrected chi connectivity index (χ3v) is 11.1. The number of hydrogen-bond donors (Lipinski definition) is 2. The van der Waals surface area contributed by atoms with Gasteiger partial charge in [-0.15, -0.1) is 11.8 Å². The number of nitrogens with zero attached hydrogens (tertiary/aromatic N) is 1. The van der Waals surface area contributed by atoms with E-state index in [0.717, 1.165) is 40.5 Å². The standard InChI is InChI=1S/C32H37N3O3S/c36-29-9-8-27(30(37)34-29)35-17-26-25(31(35)38)2-1-3-28(26)39-18-21-6-4-20(5-7-21)16-33-19-32-13-22-10-23(14-32)12-24(11-22)15-32/h1-7,22-24,27,33H,8-19H2,(H,34,36,37). The van der Waals surface area contributed by atoms with Crippen molar-refractivity contribution in [3.8, 4) is 0 Å². The van der Waals surface area contributed by atoms with E-state index in [1.165, 1.54) is 56.2 Å². The van der Waals surface area contributed by atoms with Crippen LogP contribution in [0.25, 0.3) is 0 Å². The Morgan fingerprint density at radius 1 is 0.923 bits per heavy atom. The molecule has 1 unspecified atom stereocenters. The predicted octanol–water partition coefficient (Wildman–Crippen LogP) is 5.05. The van der Waals surface area contributed by atoms with Crippen LogP contribution in [0.2, 0.25) is 0 Å². The molecule has 2 aromatic carbocycles. The topological polar surface area (TPSA) is 78.5 Å². The summed E-state index contributed by atoms with van der Waals surface area (Å²) >= 11 is 1.74. The normalized spacial score (nSPS) is 31.1. The number of imide groups is 1. The van der Waals surface area contributed by atoms with Crippen molar-refractivity contribution in [1.29, 1.82) is 0 Å². The monoisotopic (exact) mass is 543 g/mol. The zero-order chi connectivity index (χ0) is 26.6. The molecule has 5 fully saturated rings. The van der Waals surface area contributed by atoms with Crippen molar-refractivity contribution in [3.63, 3.8) is 0 Å². The highest BCUT2D eigenvalue weighted by atomic mass is 32.2. The number of nitrogens with one attached hydrogen (secondary N) is 2. The summed E-state index contributed by atoms with van der Waals surface area (Å²) in [5.41, 5.74) is 4.82. The number of carbonyl (C=O) groups excluding carboxylic acids is 3. The molecule has 4 saturated carbocycles. The Balaban J connectivity index is 0.939. The SMILES string of the molecule is O=C1CCC(N2Cc3c(SCc4ccc(CNCC56CC7CC(CC(C7)C5)C6)cc4)cccc3C2=O)C(=O)N1. The van der Waals surface area contributed by atoms with Gasteiger partial charge in [-0.05, 0) is 96.9 Å². The molecule has 8 rings (SSSR count). The molecule has 2 N–H and O–H groups in total. The van der Waals surface area contributed by atoms with Crippen LogP contribution in [0, 0.1) is 23.2 Å². The first-order valence-corrected chi connectivity index (χ1v) is 15.6. The molecule has 1 atom stereocenters. The zero-order valence-electron chi connectivity index (χ0n) is 22.4. The van der Waals surface area contributed by atoms with Crippen molar-refractivity contribution >= 4 is 29.5 Å². The number of hydrogen-bond acceptors (Lipinski definition) is 5. The smallest absolute Gasteiger partial charge is 0.255 e. The van der Waals surface area contributed by atoms with Gasteiger partial charge >= 0.3 is 0 Å². The van der Waals surface area contributed by atoms with Gasteiger partial charge in [0.05, 0.1) is 0 Å². The Morgan fingerprint density at radius 2 is 1.62 bits per heavy atom. The van der Waals surface area contributed by atoms with Gasteiger partial charge in [-0.3, -0.25) is 19.7 Å². The van der Waals surface area contributed by atoms with Gasteiger partial charge in [0.1, 0.15) is 6.04 Å². The van der Waals surface area contributed by atoms with Crippen LogP contribution in [-0.4, -0.2) is 35.2 Å². The number of rotatable bonds is 8. The van der Waals surface area contributed by atoms with Crippen LogP contribution in [0.1, 0.15) is 78.4 Å². The molecule has 204 valence electrons. The van der Waals surface area contributed by atoms with Crippen molar-refractivity contribution in [2.75, 3.05) is 6.54 Å². The summed E-state index contributed by atoms with van der Waals surface area (Å²) in [5.74, 6) is 3.07. The van der Waals surface area contributed by atoms with E-state index in [2.05, 4.69) is 41.0 Å². The molecular weight excluding hydrogens is 506 g/mol. The van der Waals surface area contributed by atoms with Crippen LogP contribution in [0.15, 0.2) is 47.4 Å². The molecule has 1 saturated heterocycles. The van der Waals surface area contributed by atoms with Crippen molar-refractivity contribution in [1.82, 2.24) is 15.5 Å². The molecule has 0 spiro atoms. The first-order valence-electron chi connectivity index (χ1n) is 14.6. The lowest BCUT2D eigenvalue weighted by atomic mass is 9.49. The highest BCUT2D eigenvalue weighted by Gasteiger charge is 2.50. The summed E-state index contributed by atoms with van der Waals surface area (Å²) in [6, 6.07) is 14.2. The summed E-state index contributed by atoms with van der Waals surface area (Å²) in [6.07, 6.45) is 9.49. The molecule has 0 radical (unpaired) electrons. The molecule has 2 aliphatic heterocycles. The first kappa shape index (κ1) is 25.3. The van der Waals surface area contributed by atoms with Crippen LogP contribution in [-0.2, 0) is 28.4 Å². The molecule has 7 heteroatoms. The summed E-state index contributed by atoms with van der Waals surface area (Å²) in [4.78, 5) is 39.7. The largest absolute Gasteiger partial charge is 0.322 e. The molecule has 6 aliphatic rings. The van der Waals surface area contributed by atoms with E-state index in [1.54, 1.807) is 16.7 Å². The summed E-state index contributed by atoms with van der Waals surface area (Å²) in [6.45, 7) is 2.51. The summed E-state index contributed by atoms with van der Waals surface area (Å²) in [7, 11) is 0. The number of benzene rings is 2. The Kier molecular flexibility index (Phi) is 6.55. The van der Waals surface area contributed by atoms with E-state index >= 15 is 0 Å². The quantitative estimate of drug-likeness (QED) is 0.360. The highest BCUT2D eigenvalue weighted by Crippen LogP contribution is 2.59. The minimum Gasteiger partial charge on any atom is -0.322 e. The fraction of sp³-hybridized carbons (Fsp3) is 0.531. The predicted molar refractivity (Wildman–Crippen MR) is 151 cm³/mol. The van der Waals surface area contributed by atoms with E-state index in [1.807, 2.05) is 12.1 Å². The van der Waals surface area contributed by atoms with Crippen molar-refractivity contribution in [2.45, 2.75) is 81.1 Å². The first-order chi connectivity index (χ1) is 18.9. The van der Waals surface area contributed by atoms with Crippen LogP contribution >= 0.6 is 11.8 Å². The zero-order valence-corrected chi connectivity index (χ0v) is 23.2. The maximum atomic E-state index is 13.1. The van der Waals surface area contributed by atoms with Gasteiger partial charge < -0.3 is 10.2 Å². The van der Waals surface area contributed by atoms with Crippen LogP contribution in [0.5, 0.6) is 0 Å². The molecule has 39 heavy (non-hydrogen) atoms. The Morgan fingerprint density at radius 3 is 2.31 bits per heavy atom. The molecule has 3 amide bonds. The number of piperidine rings is 1. The number of amides is 3. The summed E-state index contributed by atoms with van der Waals surface area (Å²) in [5, 5.41) is 6.20. The third-order valence-electron chi connectivity index (χ3n) is 9.95. The summed E-state index contributed by atoms with van der Waals surface area (Å²) < 4.78 is 0. The number of carbonyl (C=O) groups is 3. The Bertz CT molecular complexity index is 1270. The second-order valence-corrected chi connectivity index (χ2v) is 13.8. The molecule has 4 bridgehead atoms. The van der Waals surface area contributed by atoms with Gasteiger partial charge in [-0.25, -0.2) is 0 Å². The van der Waals surface area contributed by atoms with E-state index in [9.17, 15) is 14.4 Å². The van der Waals surface area contributed by atoms with E-state index < -0.39 is 6.04 Å². The molecule has 0 aromatic heterocycles. The van der Waals surface area contributed by atoms with Gasteiger partial charge in [-0.2, -0.15) is 0 Å². The average molecular weight is 544 g/mol. The number of thioether (sulfide) groups is 1. The average Bonchev–Trinajstić information content (AvgIpc) is 3.24. The molecule has 2 heterocycles. The van der Waals surface area contributed by atoms with Crippen molar-refractivity contribution in [3.05, 3.63) is 64.7 Å². The number of fused-ring (bicyclic) bond motifs is 1. The van der Waals surface area contributed by atoms with Gasteiger partial charge in [-0.1, -0.05) is 30.3 Å². The van der Waals surface area contributed by atoms with Gasteiger partial charge in [0.15, 0.2) is 0 Å². The molecule has 6 nitrogen and oxygen atoms in total. The Labute approximate surface area is 234 Å². The third kappa shape index (κ3) is 4.93. The second-order valence-electron chi connectivity index (χ2n) is 12.8. The van der Waals surface area contributed by atoms with Crippen molar-refractivity contribution < 1.29 is 14.4 Å². The van der Waals surface area contributed by atoms with Gasteiger partial charge in [0.25, 0.3) is 5.91 Å². The second kappa shape index (κ2) is 10.1. The fourth-order valence-electron chi connectivity index (χ4n) is 8.59. The Hall–Kier alpha value is -2.64. The lowest BCUT2D eigenvalue weighted by Gasteiger charge is -2.57. The van der Waals surface area contributed by atoms with E-state index in [0.29, 0.717) is 23.9 Å². The molecule has 4 aliphatic carbocycles. The minimum atomic E-state index is -0.579. The van der Waals surface area contributed by atoms with E-state index in [4.69, 9.17) is 0 Å². The maximum absolute atomic E-state index is 13.1. The lowest BCUT2D eigenvalue weighted by molar-refractivity contribution is -0.136. The maximum Gasteiger partial charge on any atom is 0.255 e. The van der Waals surface area contributed by atoms with Gasteiger partial charge in [0, 0.05) is 42.3 Å². The molecular formula is C32H37N3O3S. The fourth-order valence-corrected chi connectivity index (χ4v) is 9.62. The van der Waals surface area contributed by atoms with E-state index in [-0.39, 0.29) is 24.1 Å². The molecule has 2 aromatic rings. The van der Waals surface area contributed by atoms with Gasteiger partial charge in [0.2, 0.25) is 11.8 Å². The lowest BCUT2D eigenvalue weighted by Crippen LogP contribution is -2.52. The highest BCUT2D eigenvalue weighted by molar-refractivity contribution is 7.98. The van der Waals surface area contributed by atoms with Crippen LogP contribution < -0.4 is 10.6 Å². The minimum absolute atomic E-state index is 0.118.